The van der Waals surface area contributed by atoms with E-state index in [-0.39, 0.29) is 45.1 Å². The number of rotatable bonds is 5. The molecule has 1 aromatic rings. The molecule has 3 heterocycles. The smallest absolute Gasteiger partial charge is 0.379 e. The van der Waals surface area contributed by atoms with Crippen molar-refractivity contribution in [2.24, 2.45) is 0 Å². The van der Waals surface area contributed by atoms with E-state index in [1.54, 1.807) is 0 Å². The van der Waals surface area contributed by atoms with E-state index in [9.17, 15) is 31.1 Å². The fourth-order valence-corrected chi connectivity index (χ4v) is 3.29. The van der Waals surface area contributed by atoms with Gasteiger partial charge < -0.3 is 19.9 Å². The minimum atomic E-state index is -5.01. The van der Waals surface area contributed by atoms with Gasteiger partial charge in [0.05, 0.1) is 13.2 Å². The summed E-state index contributed by atoms with van der Waals surface area (Å²) in [5.74, 6) is -7.70. The average Bonchev–Trinajstić information content (AvgIpc) is 2.73. The van der Waals surface area contributed by atoms with Crippen LogP contribution in [0, 0.1) is 17.5 Å². The van der Waals surface area contributed by atoms with Crippen LogP contribution in [0.25, 0.3) is 0 Å². The molecule has 0 unspecified atom stereocenters. The van der Waals surface area contributed by atoms with Crippen molar-refractivity contribution in [3.63, 3.8) is 0 Å². The molecule has 14 heteroatoms. The molecule has 0 atom stereocenters. The summed E-state index contributed by atoms with van der Waals surface area (Å²) in [6, 6.07) is 0. The second-order valence-corrected chi connectivity index (χ2v) is 6.88. The number of alkyl halides is 3. The fraction of sp³-hybridized carbons (Fsp3) is 0.647. The molecular weight excluding hydrogens is 456 g/mol. The number of halogens is 7. The number of hydrogen-bond acceptors (Lipinski definition) is 6. The molecule has 0 aliphatic carbocycles. The first-order chi connectivity index (χ1) is 14.2. The Bertz CT molecular complexity index is 770. The number of amides is 1. The van der Waals surface area contributed by atoms with E-state index in [0.29, 0.717) is 37.7 Å². The molecule has 0 bridgehead atoms. The van der Waals surface area contributed by atoms with Gasteiger partial charge in [0.2, 0.25) is 17.5 Å². The number of nitrogens with zero attached hydrogens (tertiary/aromatic N) is 4. The van der Waals surface area contributed by atoms with Crippen LogP contribution in [0.15, 0.2) is 0 Å². The van der Waals surface area contributed by atoms with Crippen LogP contribution in [0.5, 0.6) is 0 Å². The first-order valence-electron chi connectivity index (χ1n) is 9.38. The highest BCUT2D eigenvalue weighted by molar-refractivity contribution is 5.85. The van der Waals surface area contributed by atoms with Crippen molar-refractivity contribution in [3.05, 3.63) is 17.5 Å². The Labute approximate surface area is 180 Å². The highest BCUT2D eigenvalue weighted by Crippen LogP contribution is 2.27. The van der Waals surface area contributed by atoms with Crippen LogP contribution in [0.4, 0.5) is 38.0 Å². The summed E-state index contributed by atoms with van der Waals surface area (Å²) in [5, 5.41) is 2.64. The standard InChI is InChI=1S/C17H21F6N5O2.ClH/c18-11-12(19)14(24-1-2-26-7-9-30-10-8-26)25-15(13(11)20)27-3-5-28(6-4-27)16(29)17(21,22)23;/h1-10H2,(H,24,25);1H. The second-order valence-electron chi connectivity index (χ2n) is 6.88. The van der Waals surface area contributed by atoms with Crippen LogP contribution in [-0.4, -0.2) is 92.4 Å². The van der Waals surface area contributed by atoms with Gasteiger partial charge in [-0.3, -0.25) is 9.69 Å². The van der Waals surface area contributed by atoms with Crippen molar-refractivity contribution in [1.82, 2.24) is 14.8 Å². The zero-order valence-electron chi connectivity index (χ0n) is 16.4. The van der Waals surface area contributed by atoms with Gasteiger partial charge in [-0.1, -0.05) is 0 Å². The summed E-state index contributed by atoms with van der Waals surface area (Å²) < 4.78 is 85.2. The normalized spacial score (nSPS) is 18.0. The molecule has 31 heavy (non-hydrogen) atoms. The SMILES string of the molecule is Cl.O=C(N1CCN(c2nc(NCCN3CCOCC3)c(F)c(F)c2F)CC1)C(F)(F)F. The minimum absolute atomic E-state index is 0. The maximum absolute atomic E-state index is 14.3. The van der Waals surface area contributed by atoms with Crippen LogP contribution >= 0.6 is 12.4 Å². The van der Waals surface area contributed by atoms with Crippen LogP contribution in [0.3, 0.4) is 0 Å². The van der Waals surface area contributed by atoms with Crippen LogP contribution in [0.1, 0.15) is 0 Å². The summed E-state index contributed by atoms with van der Waals surface area (Å²) in [6.07, 6.45) is -5.01. The van der Waals surface area contributed by atoms with Crippen molar-refractivity contribution in [1.29, 1.82) is 0 Å². The van der Waals surface area contributed by atoms with Gasteiger partial charge >= 0.3 is 12.1 Å². The summed E-state index contributed by atoms with van der Waals surface area (Å²) in [4.78, 5) is 18.9. The van der Waals surface area contributed by atoms with Crippen molar-refractivity contribution >= 4 is 29.9 Å². The molecule has 0 saturated carbocycles. The number of carbonyl (C=O) groups excluding carboxylic acids is 1. The molecule has 1 N–H and O–H groups in total. The van der Waals surface area contributed by atoms with Crippen LogP contribution in [-0.2, 0) is 9.53 Å². The maximum atomic E-state index is 14.3. The quantitative estimate of drug-likeness (QED) is 0.654. The van der Waals surface area contributed by atoms with E-state index in [1.807, 2.05) is 4.90 Å². The molecule has 1 aromatic heterocycles. The lowest BCUT2D eigenvalue weighted by molar-refractivity contribution is -0.185. The third kappa shape index (κ3) is 6.04. The maximum Gasteiger partial charge on any atom is 0.471 e. The molecule has 176 valence electrons. The monoisotopic (exact) mass is 477 g/mol. The predicted octanol–water partition coefficient (Wildman–Crippen LogP) is 1.88. The Morgan fingerprint density at radius 3 is 2.16 bits per heavy atom. The number of anilines is 2. The number of morpholine rings is 1. The lowest BCUT2D eigenvalue weighted by atomic mass is 10.2. The first kappa shape index (κ1) is 25.3. The number of hydrogen-bond donors (Lipinski definition) is 1. The zero-order valence-corrected chi connectivity index (χ0v) is 17.2. The van der Waals surface area contributed by atoms with Gasteiger partial charge in [-0.15, -0.1) is 12.4 Å². The summed E-state index contributed by atoms with van der Waals surface area (Å²) in [5.41, 5.74) is 0. The number of ether oxygens (including phenoxy) is 1. The summed E-state index contributed by atoms with van der Waals surface area (Å²) in [7, 11) is 0. The Kier molecular flexibility index (Phi) is 8.60. The highest BCUT2D eigenvalue weighted by atomic mass is 35.5. The minimum Gasteiger partial charge on any atom is -0.379 e. The lowest BCUT2D eigenvalue weighted by Gasteiger charge is -2.35. The molecule has 2 saturated heterocycles. The average molecular weight is 478 g/mol. The highest BCUT2D eigenvalue weighted by Gasteiger charge is 2.43. The molecule has 2 fully saturated rings. The number of pyridine rings is 1. The number of carbonyl (C=O) groups is 1. The molecule has 0 spiro atoms. The molecule has 2 aliphatic rings. The predicted molar refractivity (Wildman–Crippen MR) is 102 cm³/mol. The van der Waals surface area contributed by atoms with Gasteiger partial charge in [0.25, 0.3) is 0 Å². The van der Waals surface area contributed by atoms with E-state index >= 15 is 0 Å². The second kappa shape index (κ2) is 10.6. The molecule has 0 radical (unpaired) electrons. The van der Waals surface area contributed by atoms with Crippen molar-refractivity contribution in [2.45, 2.75) is 6.18 Å². The summed E-state index contributed by atoms with van der Waals surface area (Å²) in [6.45, 7) is 2.17. The van der Waals surface area contributed by atoms with Crippen molar-refractivity contribution < 1.29 is 35.9 Å². The van der Waals surface area contributed by atoms with Crippen LogP contribution < -0.4 is 10.2 Å². The molecule has 1 amide bonds. The molecule has 7 nitrogen and oxygen atoms in total. The van der Waals surface area contributed by atoms with Gasteiger partial charge in [0.15, 0.2) is 11.6 Å². The number of aromatic nitrogens is 1. The Morgan fingerprint density at radius 1 is 0.968 bits per heavy atom. The molecular formula is C17H22ClF6N5O2. The van der Waals surface area contributed by atoms with Gasteiger partial charge in [-0.25, -0.2) is 9.37 Å². The largest absolute Gasteiger partial charge is 0.471 e. The Hall–Kier alpha value is -1.99. The number of nitrogens with one attached hydrogen (secondary N) is 1. The van der Waals surface area contributed by atoms with E-state index in [2.05, 4.69) is 10.3 Å². The zero-order chi connectivity index (χ0) is 21.9. The fourth-order valence-electron chi connectivity index (χ4n) is 3.29. The first-order valence-corrected chi connectivity index (χ1v) is 9.38. The summed E-state index contributed by atoms with van der Waals surface area (Å²) >= 11 is 0. The van der Waals surface area contributed by atoms with Crippen molar-refractivity contribution in [3.8, 4) is 0 Å². The van der Waals surface area contributed by atoms with Crippen molar-refractivity contribution in [2.75, 3.05) is 75.8 Å². The molecule has 3 rings (SSSR count). The molecule has 2 aliphatic heterocycles. The lowest BCUT2D eigenvalue weighted by Crippen LogP contribution is -2.52. The van der Waals surface area contributed by atoms with E-state index in [0.717, 1.165) is 0 Å². The Balaban J connectivity index is 0.00000341. The Morgan fingerprint density at radius 2 is 1.58 bits per heavy atom. The number of piperazine rings is 1. The topological polar surface area (TPSA) is 60.9 Å². The third-order valence-electron chi connectivity index (χ3n) is 4.94. The van der Waals surface area contributed by atoms with Gasteiger partial charge in [0, 0.05) is 52.4 Å². The van der Waals surface area contributed by atoms with Crippen LogP contribution in [0.2, 0.25) is 0 Å². The van der Waals surface area contributed by atoms with Gasteiger partial charge in [-0.2, -0.15) is 22.0 Å². The van der Waals surface area contributed by atoms with Gasteiger partial charge in [-0.05, 0) is 0 Å². The van der Waals surface area contributed by atoms with Gasteiger partial charge in [0.1, 0.15) is 0 Å². The third-order valence-corrected chi connectivity index (χ3v) is 4.94. The van der Waals surface area contributed by atoms with E-state index < -0.39 is 41.2 Å². The van der Waals surface area contributed by atoms with E-state index in [1.165, 1.54) is 4.90 Å². The van der Waals surface area contributed by atoms with E-state index in [4.69, 9.17) is 4.74 Å². The molecule has 0 aromatic carbocycles.